The second-order valence-corrected chi connectivity index (χ2v) is 11.2. The summed E-state index contributed by atoms with van der Waals surface area (Å²) in [6.45, 7) is 4.05. The molecule has 9 heteroatoms. The fraction of sp³-hybridized carbons (Fsp3) is 0.480. The number of anilines is 1. The zero-order chi connectivity index (χ0) is 25.0. The maximum atomic E-state index is 13.2. The lowest BCUT2D eigenvalue weighted by Crippen LogP contribution is -2.48. The lowest BCUT2D eigenvalue weighted by atomic mass is 10.0. The second kappa shape index (κ2) is 10.8. The third-order valence-corrected chi connectivity index (χ3v) is 8.14. The minimum Gasteiger partial charge on any atom is -0.488 e. The molecule has 0 spiro atoms. The lowest BCUT2D eigenvalue weighted by Gasteiger charge is -2.33. The van der Waals surface area contributed by atoms with Gasteiger partial charge in [0.2, 0.25) is 15.9 Å². The number of carbonyl (C=O) groups is 1. The molecule has 3 rings (SSSR count). The number of aliphatic hydroxyl groups is 1. The Balaban J connectivity index is 1.98. The number of hydrogen-bond acceptors (Lipinski definition) is 6. The zero-order valence-electron chi connectivity index (χ0n) is 20.5. The Labute approximate surface area is 202 Å². The van der Waals surface area contributed by atoms with Crippen LogP contribution in [0.25, 0.3) is 0 Å². The van der Waals surface area contributed by atoms with Crippen LogP contribution in [0.3, 0.4) is 0 Å². The summed E-state index contributed by atoms with van der Waals surface area (Å²) in [5, 5.41) is 9.76. The molecular weight excluding hydrogens is 454 g/mol. The molecule has 2 aromatic carbocycles. The van der Waals surface area contributed by atoms with Gasteiger partial charge in [-0.2, -0.15) is 4.31 Å². The molecule has 0 unspecified atom stereocenters. The highest BCUT2D eigenvalue weighted by Crippen LogP contribution is 2.30. The van der Waals surface area contributed by atoms with E-state index in [1.165, 1.54) is 4.31 Å². The highest BCUT2D eigenvalue weighted by molar-refractivity contribution is 7.89. The first-order valence-electron chi connectivity index (χ1n) is 11.4. The predicted octanol–water partition coefficient (Wildman–Crippen LogP) is 2.22. The number of rotatable bonds is 7. The van der Waals surface area contributed by atoms with Crippen LogP contribution in [0.5, 0.6) is 5.75 Å². The number of benzene rings is 2. The van der Waals surface area contributed by atoms with E-state index in [4.69, 9.17) is 4.74 Å². The maximum absolute atomic E-state index is 13.2. The van der Waals surface area contributed by atoms with Crippen LogP contribution in [0.4, 0.5) is 5.69 Å². The van der Waals surface area contributed by atoms with Crippen LogP contribution in [0, 0.1) is 5.92 Å². The highest BCUT2D eigenvalue weighted by Gasteiger charge is 2.33. The largest absolute Gasteiger partial charge is 0.488 e. The number of amides is 1. The summed E-state index contributed by atoms with van der Waals surface area (Å²) >= 11 is 0. The number of hydrogen-bond donors (Lipinski definition) is 1. The van der Waals surface area contributed by atoms with Crippen LogP contribution in [-0.4, -0.2) is 81.6 Å². The minimum atomic E-state index is -3.71. The van der Waals surface area contributed by atoms with Crippen molar-refractivity contribution in [1.29, 1.82) is 0 Å². The number of sulfonamides is 1. The Morgan fingerprint density at radius 2 is 1.82 bits per heavy atom. The van der Waals surface area contributed by atoms with Gasteiger partial charge in [-0.3, -0.25) is 4.79 Å². The number of aliphatic hydroxyl groups excluding tert-OH is 1. The van der Waals surface area contributed by atoms with Gasteiger partial charge in [-0.1, -0.05) is 25.1 Å². The monoisotopic (exact) mass is 489 g/mol. The summed E-state index contributed by atoms with van der Waals surface area (Å²) < 4.78 is 34.0. The summed E-state index contributed by atoms with van der Waals surface area (Å²) in [6.07, 6.45) is -0.370. The molecule has 1 amide bonds. The molecule has 0 radical (unpaired) electrons. The van der Waals surface area contributed by atoms with Crippen molar-refractivity contribution in [1.82, 2.24) is 9.21 Å². The Morgan fingerprint density at radius 3 is 2.44 bits per heavy atom. The number of carbonyl (C=O) groups excluding carboxylic acids is 1. The first kappa shape index (κ1) is 26.0. The van der Waals surface area contributed by atoms with E-state index >= 15 is 0 Å². The van der Waals surface area contributed by atoms with Crippen LogP contribution in [0.15, 0.2) is 53.4 Å². The van der Waals surface area contributed by atoms with Crippen molar-refractivity contribution in [2.45, 2.75) is 37.3 Å². The molecule has 1 aliphatic heterocycles. The van der Waals surface area contributed by atoms with E-state index in [1.54, 1.807) is 42.3 Å². The van der Waals surface area contributed by atoms with E-state index in [2.05, 4.69) is 0 Å². The molecule has 0 saturated heterocycles. The molecule has 186 valence electrons. The average Bonchev–Trinajstić information content (AvgIpc) is 2.86. The lowest BCUT2D eigenvalue weighted by molar-refractivity contribution is -0.134. The number of likely N-dealkylation sites (N-methyl/N-ethyl adjacent to an activating group) is 1. The fourth-order valence-electron chi connectivity index (χ4n) is 4.04. The zero-order valence-corrected chi connectivity index (χ0v) is 21.3. The van der Waals surface area contributed by atoms with Crippen molar-refractivity contribution in [3.05, 3.63) is 54.1 Å². The van der Waals surface area contributed by atoms with Gasteiger partial charge < -0.3 is 19.6 Å². The Kier molecular flexibility index (Phi) is 8.22. The van der Waals surface area contributed by atoms with E-state index in [-0.39, 0.29) is 42.3 Å². The third kappa shape index (κ3) is 5.71. The van der Waals surface area contributed by atoms with Gasteiger partial charge in [-0.15, -0.1) is 0 Å². The maximum Gasteiger partial charge on any atom is 0.242 e. The first-order valence-corrected chi connectivity index (χ1v) is 12.9. The third-order valence-electron chi connectivity index (χ3n) is 6.30. The van der Waals surface area contributed by atoms with E-state index in [1.807, 2.05) is 51.0 Å². The van der Waals surface area contributed by atoms with Gasteiger partial charge in [0.25, 0.3) is 0 Å². The summed E-state index contributed by atoms with van der Waals surface area (Å²) in [5.74, 6) is 0.283. The normalized spacial score (nSPS) is 20.1. The van der Waals surface area contributed by atoms with Crippen molar-refractivity contribution in [3.8, 4) is 5.75 Å². The molecule has 3 atom stereocenters. The summed E-state index contributed by atoms with van der Waals surface area (Å²) in [5.41, 5.74) is 1.67. The van der Waals surface area contributed by atoms with Crippen molar-refractivity contribution in [2.75, 3.05) is 45.7 Å². The molecule has 0 aliphatic carbocycles. The summed E-state index contributed by atoms with van der Waals surface area (Å²) in [7, 11) is 1.68. The van der Waals surface area contributed by atoms with Gasteiger partial charge >= 0.3 is 0 Å². The van der Waals surface area contributed by atoms with Gasteiger partial charge in [0, 0.05) is 44.9 Å². The molecule has 8 nitrogen and oxygen atoms in total. The van der Waals surface area contributed by atoms with E-state index in [0.29, 0.717) is 12.3 Å². The Hall–Kier alpha value is -2.62. The Morgan fingerprint density at radius 1 is 1.15 bits per heavy atom. The van der Waals surface area contributed by atoms with Crippen LogP contribution >= 0.6 is 0 Å². The van der Waals surface area contributed by atoms with Gasteiger partial charge in [0.05, 0.1) is 30.5 Å². The van der Waals surface area contributed by atoms with Gasteiger partial charge in [-0.05, 0) is 37.3 Å². The topological polar surface area (TPSA) is 90.4 Å². The predicted molar refractivity (Wildman–Crippen MR) is 133 cm³/mol. The molecule has 0 fully saturated rings. The molecule has 1 aliphatic rings. The van der Waals surface area contributed by atoms with E-state index in [9.17, 15) is 18.3 Å². The SMILES string of the molecule is C[C@@H]1CN([C@H](C)CO)C(=O)Cc2cc(N(C)C)ccc2O[C@@H]1CN(C)S(=O)(=O)c1ccccc1. The van der Waals surface area contributed by atoms with Crippen molar-refractivity contribution >= 4 is 21.6 Å². The van der Waals surface area contributed by atoms with Crippen LogP contribution in [-0.2, 0) is 21.2 Å². The van der Waals surface area contributed by atoms with Crippen LogP contribution < -0.4 is 9.64 Å². The molecule has 2 aromatic rings. The summed E-state index contributed by atoms with van der Waals surface area (Å²) in [6, 6.07) is 13.6. The van der Waals surface area contributed by atoms with Crippen molar-refractivity contribution in [2.24, 2.45) is 5.92 Å². The van der Waals surface area contributed by atoms with Gasteiger partial charge in [0.1, 0.15) is 11.9 Å². The van der Waals surface area contributed by atoms with E-state index in [0.717, 1.165) is 11.3 Å². The van der Waals surface area contributed by atoms with Gasteiger partial charge in [0.15, 0.2) is 0 Å². The number of fused-ring (bicyclic) bond motifs is 1. The standard InChI is InChI=1S/C25H35N3O5S/c1-18-15-28(19(2)17-29)25(30)14-20-13-21(26(3)4)11-12-23(20)33-24(18)16-27(5)34(31,32)22-9-7-6-8-10-22/h6-13,18-19,24,29H,14-17H2,1-5H3/t18-,19-,24-/m1/s1. The van der Waals surface area contributed by atoms with E-state index < -0.39 is 16.1 Å². The molecule has 34 heavy (non-hydrogen) atoms. The van der Waals surface area contributed by atoms with Crippen LogP contribution in [0.2, 0.25) is 0 Å². The molecule has 0 saturated carbocycles. The summed E-state index contributed by atoms with van der Waals surface area (Å²) in [4.78, 5) is 17.1. The minimum absolute atomic E-state index is 0.0972. The first-order chi connectivity index (χ1) is 16.0. The van der Waals surface area contributed by atoms with Crippen LogP contribution in [0.1, 0.15) is 19.4 Å². The highest BCUT2D eigenvalue weighted by atomic mass is 32.2. The molecule has 1 N–H and O–H groups in total. The number of nitrogens with zero attached hydrogens (tertiary/aromatic N) is 3. The molecule has 1 heterocycles. The molecular formula is C25H35N3O5S. The molecule has 0 aromatic heterocycles. The Bertz CT molecular complexity index is 1090. The quantitative estimate of drug-likeness (QED) is 0.642. The van der Waals surface area contributed by atoms with Crippen molar-refractivity contribution in [3.63, 3.8) is 0 Å². The number of ether oxygens (including phenoxy) is 1. The molecule has 0 bridgehead atoms. The van der Waals surface area contributed by atoms with Gasteiger partial charge in [-0.25, -0.2) is 8.42 Å². The fourth-order valence-corrected chi connectivity index (χ4v) is 5.24. The van der Waals surface area contributed by atoms with Crippen molar-refractivity contribution < 1.29 is 23.1 Å². The second-order valence-electron chi connectivity index (χ2n) is 9.17. The smallest absolute Gasteiger partial charge is 0.242 e. The average molecular weight is 490 g/mol.